The van der Waals surface area contributed by atoms with Crippen LogP contribution < -0.4 is 0 Å². The molecule has 1 aliphatic heterocycles. The molecule has 0 radical (unpaired) electrons. The van der Waals surface area contributed by atoms with E-state index in [-0.39, 0.29) is 24.7 Å². The first kappa shape index (κ1) is 18.1. The lowest BCUT2D eigenvalue weighted by Gasteiger charge is -2.19. The molecule has 1 aliphatic rings. The van der Waals surface area contributed by atoms with Crippen LogP contribution in [-0.2, 0) is 19.8 Å². The van der Waals surface area contributed by atoms with Gasteiger partial charge in [-0.1, -0.05) is 24.3 Å². The van der Waals surface area contributed by atoms with E-state index < -0.39 is 11.7 Å². The molecule has 0 saturated carbocycles. The molecule has 0 spiro atoms. The number of benzene rings is 2. The maximum Gasteiger partial charge on any atom is 0.416 e. The van der Waals surface area contributed by atoms with Gasteiger partial charge in [-0.05, 0) is 29.8 Å². The molecular formula is C20H17F3N4O. The third-order valence-corrected chi connectivity index (χ3v) is 4.82. The zero-order valence-electron chi connectivity index (χ0n) is 15.0. The molecule has 0 fully saturated rings. The number of nitrogens with one attached hydrogen (secondary N) is 1. The molecule has 4 rings (SSSR count). The Hall–Kier alpha value is -3.29. The van der Waals surface area contributed by atoms with Gasteiger partial charge in [-0.3, -0.25) is 5.41 Å². The van der Waals surface area contributed by atoms with Gasteiger partial charge in [0.05, 0.1) is 28.7 Å². The highest BCUT2D eigenvalue weighted by Gasteiger charge is 2.33. The number of halogens is 3. The van der Waals surface area contributed by atoms with Crippen LogP contribution in [0.15, 0.2) is 54.3 Å². The first-order valence-corrected chi connectivity index (χ1v) is 8.59. The van der Waals surface area contributed by atoms with Gasteiger partial charge in [0.2, 0.25) is 0 Å². The van der Waals surface area contributed by atoms with Crippen molar-refractivity contribution < 1.29 is 18.3 Å². The van der Waals surface area contributed by atoms with Gasteiger partial charge >= 0.3 is 6.18 Å². The molecule has 0 amide bonds. The largest absolute Gasteiger partial charge is 0.510 e. The zero-order chi connectivity index (χ0) is 20.1. The lowest BCUT2D eigenvalue weighted by Crippen LogP contribution is -2.26. The fourth-order valence-corrected chi connectivity index (χ4v) is 3.44. The van der Waals surface area contributed by atoms with Crippen molar-refractivity contribution in [1.82, 2.24) is 14.5 Å². The maximum atomic E-state index is 12.9. The molecule has 144 valence electrons. The smallest absolute Gasteiger partial charge is 0.416 e. The van der Waals surface area contributed by atoms with Crippen molar-refractivity contribution in [3.05, 3.63) is 71.2 Å². The number of amidine groups is 1. The summed E-state index contributed by atoms with van der Waals surface area (Å²) in [6.07, 6.45) is -4.42. The fourth-order valence-electron chi connectivity index (χ4n) is 3.44. The second kappa shape index (κ2) is 6.40. The standard InChI is InChI=1S/C20H17F3N4O/c1-26-15-8-3-2-7-14(15)25-19(26)17-16(28)11-27(18(17)24)10-12-5-4-6-13(9-12)20(21,22)23/h2-9,24,28H,10-11H2,1H3. The van der Waals surface area contributed by atoms with Crippen LogP contribution in [0.4, 0.5) is 13.2 Å². The van der Waals surface area contributed by atoms with E-state index in [1.165, 1.54) is 11.0 Å². The molecule has 0 aliphatic carbocycles. The van der Waals surface area contributed by atoms with Gasteiger partial charge in [0.1, 0.15) is 17.4 Å². The van der Waals surface area contributed by atoms with E-state index in [9.17, 15) is 18.3 Å². The minimum Gasteiger partial charge on any atom is -0.510 e. The average molecular weight is 386 g/mol. The highest BCUT2D eigenvalue weighted by atomic mass is 19.4. The monoisotopic (exact) mass is 386 g/mol. The topological polar surface area (TPSA) is 65.1 Å². The number of hydrogen-bond donors (Lipinski definition) is 2. The van der Waals surface area contributed by atoms with Gasteiger partial charge in [0, 0.05) is 13.6 Å². The fraction of sp³-hybridized carbons (Fsp3) is 0.200. The summed E-state index contributed by atoms with van der Waals surface area (Å²) in [6, 6.07) is 12.5. The van der Waals surface area contributed by atoms with Crippen LogP contribution in [0.3, 0.4) is 0 Å². The van der Waals surface area contributed by atoms with Crippen molar-refractivity contribution in [3.8, 4) is 0 Å². The van der Waals surface area contributed by atoms with Crippen molar-refractivity contribution >= 4 is 22.4 Å². The number of hydrogen-bond acceptors (Lipinski definition) is 3. The molecule has 5 nitrogen and oxygen atoms in total. The summed E-state index contributed by atoms with van der Waals surface area (Å²) in [5.74, 6) is 0.471. The summed E-state index contributed by atoms with van der Waals surface area (Å²) >= 11 is 0. The number of aromatic nitrogens is 2. The highest BCUT2D eigenvalue weighted by Crippen LogP contribution is 2.32. The normalized spacial score (nSPS) is 15.1. The van der Waals surface area contributed by atoms with E-state index in [1.807, 2.05) is 24.3 Å². The summed E-state index contributed by atoms with van der Waals surface area (Å²) in [4.78, 5) is 6.04. The van der Waals surface area contributed by atoms with Crippen LogP contribution in [0.1, 0.15) is 17.0 Å². The molecule has 1 aromatic heterocycles. The van der Waals surface area contributed by atoms with Crippen LogP contribution in [-0.4, -0.2) is 31.9 Å². The Balaban J connectivity index is 1.63. The predicted octanol–water partition coefficient (Wildman–Crippen LogP) is 4.35. The van der Waals surface area contributed by atoms with E-state index >= 15 is 0 Å². The number of nitrogens with zero attached hydrogens (tertiary/aromatic N) is 3. The lowest BCUT2D eigenvalue weighted by atomic mass is 10.1. The summed E-state index contributed by atoms with van der Waals surface area (Å²) < 4.78 is 40.6. The summed E-state index contributed by atoms with van der Waals surface area (Å²) in [7, 11) is 1.80. The van der Waals surface area contributed by atoms with E-state index in [0.717, 1.165) is 23.2 Å². The third-order valence-electron chi connectivity index (χ3n) is 4.82. The Labute approximate surface area is 158 Å². The Morgan fingerprint density at radius 1 is 1.14 bits per heavy atom. The minimum absolute atomic E-state index is 0.0182. The first-order chi connectivity index (χ1) is 13.3. The van der Waals surface area contributed by atoms with Gasteiger partial charge in [-0.15, -0.1) is 0 Å². The second-order valence-electron chi connectivity index (χ2n) is 6.71. The number of alkyl halides is 3. The van der Waals surface area contributed by atoms with Crippen LogP contribution in [0.5, 0.6) is 0 Å². The van der Waals surface area contributed by atoms with Gasteiger partial charge in [0.15, 0.2) is 0 Å². The third kappa shape index (κ3) is 3.00. The van der Waals surface area contributed by atoms with Crippen molar-refractivity contribution in [3.63, 3.8) is 0 Å². The van der Waals surface area contributed by atoms with Gasteiger partial charge in [-0.2, -0.15) is 13.2 Å². The first-order valence-electron chi connectivity index (χ1n) is 8.59. The Morgan fingerprint density at radius 2 is 1.89 bits per heavy atom. The Morgan fingerprint density at radius 3 is 2.61 bits per heavy atom. The molecule has 0 atom stereocenters. The lowest BCUT2D eigenvalue weighted by molar-refractivity contribution is -0.137. The van der Waals surface area contributed by atoms with Gasteiger partial charge in [0.25, 0.3) is 0 Å². The van der Waals surface area contributed by atoms with Crippen molar-refractivity contribution in [1.29, 1.82) is 5.41 Å². The van der Waals surface area contributed by atoms with Crippen molar-refractivity contribution in [2.24, 2.45) is 7.05 Å². The van der Waals surface area contributed by atoms with Crippen LogP contribution in [0.2, 0.25) is 0 Å². The Bertz CT molecular complexity index is 1110. The SMILES string of the molecule is Cn1c(C2=C(O)CN(Cc3cccc(C(F)(F)F)c3)C2=N)nc2ccccc21. The number of rotatable bonds is 3. The molecule has 2 aromatic carbocycles. The molecule has 0 bridgehead atoms. The van der Waals surface area contributed by atoms with E-state index in [2.05, 4.69) is 4.98 Å². The molecule has 8 heteroatoms. The Kier molecular flexibility index (Phi) is 4.14. The van der Waals surface area contributed by atoms with Crippen LogP contribution in [0, 0.1) is 5.41 Å². The summed E-state index contributed by atoms with van der Waals surface area (Å²) in [6.45, 7) is 0.133. The number of aliphatic hydroxyl groups excluding tert-OH is 1. The molecule has 0 unspecified atom stereocenters. The van der Waals surface area contributed by atoms with Crippen LogP contribution >= 0.6 is 0 Å². The van der Waals surface area contributed by atoms with E-state index in [4.69, 9.17) is 5.41 Å². The molecule has 28 heavy (non-hydrogen) atoms. The van der Waals surface area contributed by atoms with Crippen molar-refractivity contribution in [2.75, 3.05) is 6.54 Å². The number of imidazole rings is 1. The highest BCUT2D eigenvalue weighted by molar-refractivity contribution is 6.23. The second-order valence-corrected chi connectivity index (χ2v) is 6.71. The molecule has 0 saturated heterocycles. The van der Waals surface area contributed by atoms with Crippen LogP contribution in [0.25, 0.3) is 16.6 Å². The molecule has 2 N–H and O–H groups in total. The molecule has 2 heterocycles. The molecular weight excluding hydrogens is 369 g/mol. The van der Waals surface area contributed by atoms with Gasteiger partial charge in [-0.25, -0.2) is 4.98 Å². The summed E-state index contributed by atoms with van der Waals surface area (Å²) in [5, 5.41) is 18.9. The van der Waals surface area contributed by atoms with Crippen molar-refractivity contribution in [2.45, 2.75) is 12.7 Å². The van der Waals surface area contributed by atoms with E-state index in [1.54, 1.807) is 17.7 Å². The van der Waals surface area contributed by atoms with E-state index in [0.29, 0.717) is 17.0 Å². The molecule has 3 aromatic rings. The number of aliphatic hydroxyl groups is 1. The zero-order valence-corrected chi connectivity index (χ0v) is 15.0. The maximum absolute atomic E-state index is 12.9. The number of fused-ring (bicyclic) bond motifs is 1. The number of para-hydroxylation sites is 2. The quantitative estimate of drug-likeness (QED) is 0.703. The van der Waals surface area contributed by atoms with Gasteiger partial charge < -0.3 is 14.6 Å². The number of aryl methyl sites for hydroxylation is 1. The summed E-state index contributed by atoms with van der Waals surface area (Å²) in [5.41, 5.74) is 1.58. The average Bonchev–Trinajstić information content (AvgIpc) is 3.11. The minimum atomic E-state index is -4.42. The predicted molar refractivity (Wildman–Crippen MR) is 99.8 cm³/mol.